The lowest BCUT2D eigenvalue weighted by Gasteiger charge is -2.18. The first-order valence-electron chi connectivity index (χ1n) is 10.6. The number of ether oxygens (including phenoxy) is 5. The molecule has 4 atom stereocenters. The van der Waals surface area contributed by atoms with Crippen molar-refractivity contribution in [3.63, 3.8) is 0 Å². The number of anilines is 1. The fourth-order valence-electron chi connectivity index (χ4n) is 3.84. The monoisotopic (exact) mass is 469 g/mol. The minimum Gasteiger partial charge on any atom is -0.453 e. The molecule has 4 rings (SSSR count). The Kier molecular flexibility index (Phi) is 6.90. The molecule has 2 aromatic rings. The summed E-state index contributed by atoms with van der Waals surface area (Å²) < 4.78 is 27.7. The Morgan fingerprint density at radius 3 is 2.15 bits per heavy atom. The third-order valence-electron chi connectivity index (χ3n) is 5.26. The molecule has 0 aromatic heterocycles. The average molecular weight is 469 g/mol. The normalized spacial score (nSPS) is 23.0. The van der Waals surface area contributed by atoms with E-state index in [1.54, 1.807) is 30.3 Å². The molecule has 2 aliphatic heterocycles. The van der Waals surface area contributed by atoms with Gasteiger partial charge in [0, 0.05) is 19.5 Å². The molecule has 1 amide bonds. The zero-order chi connectivity index (χ0) is 24.2. The smallest absolute Gasteiger partial charge is 0.342 e. The number of benzene rings is 2. The van der Waals surface area contributed by atoms with E-state index < -0.39 is 42.3 Å². The number of carbonyl (C=O) groups is 4. The summed E-state index contributed by atoms with van der Waals surface area (Å²) >= 11 is 0. The van der Waals surface area contributed by atoms with E-state index in [1.165, 1.54) is 32.0 Å². The lowest BCUT2D eigenvalue weighted by Crippen LogP contribution is -2.36. The zero-order valence-electron chi connectivity index (χ0n) is 18.5. The van der Waals surface area contributed by atoms with Crippen LogP contribution in [-0.4, -0.2) is 61.4 Å². The van der Waals surface area contributed by atoms with Crippen molar-refractivity contribution in [2.24, 2.45) is 0 Å². The summed E-state index contributed by atoms with van der Waals surface area (Å²) in [7, 11) is 0. The van der Waals surface area contributed by atoms with Crippen LogP contribution in [0.15, 0.2) is 48.5 Å². The molecule has 10 nitrogen and oxygen atoms in total. The highest BCUT2D eigenvalue weighted by Gasteiger charge is 2.51. The molecule has 1 N–H and O–H groups in total. The van der Waals surface area contributed by atoms with E-state index in [0.29, 0.717) is 5.69 Å². The molecule has 2 aromatic carbocycles. The van der Waals surface area contributed by atoms with Crippen LogP contribution >= 0.6 is 0 Å². The Balaban J connectivity index is 1.38. The Morgan fingerprint density at radius 2 is 1.50 bits per heavy atom. The first-order chi connectivity index (χ1) is 16.3. The van der Waals surface area contributed by atoms with Gasteiger partial charge in [0.15, 0.2) is 12.2 Å². The van der Waals surface area contributed by atoms with Crippen LogP contribution in [0.3, 0.4) is 0 Å². The van der Waals surface area contributed by atoms with Crippen LogP contribution in [-0.2, 0) is 28.5 Å². The topological polar surface area (TPSA) is 126 Å². The number of rotatable bonds is 6. The highest BCUT2D eigenvalue weighted by molar-refractivity contribution is 5.94. The Bertz CT molecular complexity index is 1120. The number of amides is 1. The second-order valence-electron chi connectivity index (χ2n) is 7.84. The van der Waals surface area contributed by atoms with E-state index in [-0.39, 0.29) is 36.0 Å². The number of fused-ring (bicyclic) bond motifs is 1. The van der Waals surface area contributed by atoms with Crippen molar-refractivity contribution in [3.05, 3.63) is 59.7 Å². The van der Waals surface area contributed by atoms with Gasteiger partial charge in [-0.05, 0) is 30.3 Å². The van der Waals surface area contributed by atoms with Gasteiger partial charge >= 0.3 is 17.9 Å². The van der Waals surface area contributed by atoms with Gasteiger partial charge in [-0.25, -0.2) is 9.59 Å². The molecule has 0 radical (unpaired) electrons. The largest absolute Gasteiger partial charge is 0.453 e. The summed E-state index contributed by atoms with van der Waals surface area (Å²) in [6.45, 7) is 2.74. The Hall–Kier alpha value is -3.76. The highest BCUT2D eigenvalue weighted by atomic mass is 16.7. The SMILES string of the molecule is CC(=O)Nc1cccc(C(=O)O[C@@H]2CO[C@H]3[C@@H]2OC[C@@H]3OC(=O)c2ccccc2OC(C)=O)c1. The molecule has 34 heavy (non-hydrogen) atoms. The lowest BCUT2D eigenvalue weighted by atomic mass is 10.1. The van der Waals surface area contributed by atoms with Gasteiger partial charge in [-0.2, -0.15) is 0 Å². The summed E-state index contributed by atoms with van der Waals surface area (Å²) in [5, 5.41) is 2.61. The lowest BCUT2D eigenvalue weighted by molar-refractivity contribution is -0.131. The summed E-state index contributed by atoms with van der Waals surface area (Å²) in [6, 6.07) is 12.6. The second-order valence-corrected chi connectivity index (χ2v) is 7.84. The third-order valence-corrected chi connectivity index (χ3v) is 5.26. The number of para-hydroxylation sites is 1. The summed E-state index contributed by atoms with van der Waals surface area (Å²) in [5.74, 6) is -2.01. The molecule has 2 heterocycles. The van der Waals surface area contributed by atoms with Crippen molar-refractivity contribution in [1.82, 2.24) is 0 Å². The van der Waals surface area contributed by atoms with Crippen LogP contribution in [0.25, 0.3) is 0 Å². The van der Waals surface area contributed by atoms with Gasteiger partial charge < -0.3 is 29.0 Å². The van der Waals surface area contributed by atoms with E-state index in [4.69, 9.17) is 23.7 Å². The number of hydrogen-bond donors (Lipinski definition) is 1. The van der Waals surface area contributed by atoms with E-state index in [0.717, 1.165) is 0 Å². The molecular formula is C24H23NO9. The fraction of sp³-hybridized carbons (Fsp3) is 0.333. The van der Waals surface area contributed by atoms with E-state index in [2.05, 4.69) is 5.32 Å². The maximum absolute atomic E-state index is 12.7. The third kappa shape index (κ3) is 5.24. The fourth-order valence-corrected chi connectivity index (χ4v) is 3.84. The van der Waals surface area contributed by atoms with Crippen LogP contribution in [0.5, 0.6) is 5.75 Å². The number of esters is 3. The molecule has 2 saturated heterocycles. The molecule has 10 heteroatoms. The Morgan fingerprint density at radius 1 is 0.853 bits per heavy atom. The van der Waals surface area contributed by atoms with E-state index in [1.807, 2.05) is 0 Å². The minimum atomic E-state index is -0.727. The Labute approximate surface area is 195 Å². The van der Waals surface area contributed by atoms with Gasteiger partial charge in [-0.15, -0.1) is 0 Å². The second kappa shape index (κ2) is 10.0. The van der Waals surface area contributed by atoms with E-state index >= 15 is 0 Å². The first kappa shape index (κ1) is 23.4. The van der Waals surface area contributed by atoms with Gasteiger partial charge in [0.2, 0.25) is 5.91 Å². The average Bonchev–Trinajstić information content (AvgIpc) is 3.37. The number of hydrogen-bond acceptors (Lipinski definition) is 9. The number of carbonyl (C=O) groups excluding carboxylic acids is 4. The standard InChI is InChI=1S/C24H23NO9/c1-13(26)25-16-7-5-6-15(10-16)23(28)33-19-11-30-22-20(12-31-21(19)22)34-24(29)17-8-3-4-9-18(17)32-14(2)27/h3-10,19-22H,11-12H2,1-2H3,(H,25,26)/t19-,20+,21-,22-/m1/s1. The predicted molar refractivity (Wildman–Crippen MR) is 116 cm³/mol. The van der Waals surface area contributed by atoms with E-state index in [9.17, 15) is 19.2 Å². The highest BCUT2D eigenvalue weighted by Crippen LogP contribution is 2.32. The van der Waals surface area contributed by atoms with Crippen molar-refractivity contribution < 1.29 is 42.9 Å². The van der Waals surface area contributed by atoms with Crippen molar-refractivity contribution in [2.45, 2.75) is 38.3 Å². The predicted octanol–water partition coefficient (Wildman–Crippen LogP) is 2.12. The summed E-state index contributed by atoms with van der Waals surface area (Å²) in [4.78, 5) is 47.9. The van der Waals surface area contributed by atoms with Gasteiger partial charge in [0.05, 0.1) is 18.8 Å². The van der Waals surface area contributed by atoms with Crippen LogP contribution in [0.2, 0.25) is 0 Å². The van der Waals surface area contributed by atoms with Gasteiger partial charge in [-0.1, -0.05) is 18.2 Å². The van der Waals surface area contributed by atoms with Gasteiger partial charge in [0.1, 0.15) is 23.5 Å². The van der Waals surface area contributed by atoms with Crippen LogP contribution in [0, 0.1) is 0 Å². The molecular weight excluding hydrogens is 446 g/mol. The summed E-state index contributed by atoms with van der Waals surface area (Å²) in [6.07, 6.45) is -2.65. The zero-order valence-corrected chi connectivity index (χ0v) is 18.5. The van der Waals surface area contributed by atoms with Crippen LogP contribution < -0.4 is 10.1 Å². The maximum Gasteiger partial charge on any atom is 0.342 e. The number of nitrogens with one attached hydrogen (secondary N) is 1. The van der Waals surface area contributed by atoms with Crippen molar-refractivity contribution >= 4 is 29.5 Å². The van der Waals surface area contributed by atoms with Crippen molar-refractivity contribution in [1.29, 1.82) is 0 Å². The molecule has 0 spiro atoms. The van der Waals surface area contributed by atoms with Crippen LogP contribution in [0.1, 0.15) is 34.6 Å². The molecule has 0 unspecified atom stereocenters. The van der Waals surface area contributed by atoms with Crippen molar-refractivity contribution in [3.8, 4) is 5.75 Å². The minimum absolute atomic E-state index is 0.0584. The van der Waals surface area contributed by atoms with Gasteiger partial charge in [-0.3, -0.25) is 9.59 Å². The van der Waals surface area contributed by atoms with Crippen LogP contribution in [0.4, 0.5) is 5.69 Å². The van der Waals surface area contributed by atoms with Crippen molar-refractivity contribution in [2.75, 3.05) is 18.5 Å². The maximum atomic E-state index is 12.7. The molecule has 2 fully saturated rings. The quantitative estimate of drug-likeness (QED) is 0.500. The molecule has 178 valence electrons. The molecule has 0 saturated carbocycles. The molecule has 2 aliphatic rings. The molecule has 0 bridgehead atoms. The summed E-state index contributed by atoms with van der Waals surface area (Å²) in [5.41, 5.74) is 0.833. The van der Waals surface area contributed by atoms with Gasteiger partial charge in [0.25, 0.3) is 0 Å². The molecule has 0 aliphatic carbocycles. The first-order valence-corrected chi connectivity index (χ1v) is 10.6.